The topological polar surface area (TPSA) is 0 Å². The lowest BCUT2D eigenvalue weighted by molar-refractivity contribution is 0.887. The van der Waals surface area contributed by atoms with E-state index in [1.807, 2.05) is 0 Å². The van der Waals surface area contributed by atoms with Crippen molar-refractivity contribution < 1.29 is 0 Å². The van der Waals surface area contributed by atoms with Crippen LogP contribution in [-0.4, -0.2) is 0 Å². The van der Waals surface area contributed by atoms with Gasteiger partial charge in [0.15, 0.2) is 0 Å². The van der Waals surface area contributed by atoms with Gasteiger partial charge >= 0.3 is 0 Å². The van der Waals surface area contributed by atoms with Crippen LogP contribution in [0.4, 0.5) is 0 Å². The summed E-state index contributed by atoms with van der Waals surface area (Å²) < 4.78 is 0. The number of hydrogen-bond acceptors (Lipinski definition) is 1. The maximum atomic E-state index is 5.35. The first-order valence-corrected chi connectivity index (χ1v) is 13.6. The minimum Gasteiger partial charge on any atom is -0.152 e. The first-order chi connectivity index (χ1) is 15.9. The number of terminal acetylenes is 1. The molecular weight excluding hydrogens is 416 g/mol. The molecule has 0 aliphatic rings. The van der Waals surface area contributed by atoms with E-state index < -0.39 is 0 Å². The van der Waals surface area contributed by atoms with Crippen LogP contribution in [-0.2, 0) is 6.42 Å². The smallest absolute Gasteiger partial charge is 0.0293 e. The molecule has 1 heterocycles. The van der Waals surface area contributed by atoms with E-state index in [2.05, 4.69) is 87.7 Å². The third-order valence-corrected chi connectivity index (χ3v) is 6.74. The summed E-state index contributed by atoms with van der Waals surface area (Å²) in [5.74, 6) is 2.71. The molecule has 0 aliphatic heterocycles. The third-order valence-electron chi connectivity index (χ3n) is 6.01. The van der Waals surface area contributed by atoms with Gasteiger partial charge in [0.25, 0.3) is 0 Å². The first-order valence-electron chi connectivity index (χ1n) is 12.6. The second-order valence-corrected chi connectivity index (χ2v) is 10.2. The Morgan fingerprint density at radius 3 is 1.52 bits per heavy atom. The zero-order valence-corrected chi connectivity index (χ0v) is 22.7. The third kappa shape index (κ3) is 16.3. The fraction of sp³-hybridized carbons (Fsp3) is 0.500. The van der Waals surface area contributed by atoms with Crippen LogP contribution in [0.15, 0.2) is 75.1 Å². The lowest BCUT2D eigenvalue weighted by Gasteiger charge is -2.03. The Kier molecular flexibility index (Phi) is 16.2. The SMILES string of the molecule is C#CCC(C)=CCCC(C)=CCCC(C)=CCCC(C)=CCCC(C)=CCCc1ccsc1. The Hall–Kier alpha value is -2.04. The molecule has 0 spiro atoms. The Morgan fingerprint density at radius 1 is 0.697 bits per heavy atom. The Labute approximate surface area is 209 Å². The molecule has 0 amide bonds. The zero-order chi connectivity index (χ0) is 24.3. The molecule has 1 heteroatoms. The predicted octanol–water partition coefficient (Wildman–Crippen LogP) is 10.6. The van der Waals surface area contributed by atoms with E-state index in [1.165, 1.54) is 59.1 Å². The van der Waals surface area contributed by atoms with E-state index in [0.717, 1.165) is 44.9 Å². The van der Waals surface area contributed by atoms with Gasteiger partial charge in [-0.1, -0.05) is 58.2 Å². The highest BCUT2D eigenvalue weighted by atomic mass is 32.1. The predicted molar refractivity (Wildman–Crippen MR) is 152 cm³/mol. The number of hydrogen-bond donors (Lipinski definition) is 0. The molecule has 180 valence electrons. The molecule has 0 radical (unpaired) electrons. The van der Waals surface area contributed by atoms with Gasteiger partial charge < -0.3 is 0 Å². The minimum atomic E-state index is 0.772. The van der Waals surface area contributed by atoms with E-state index in [4.69, 9.17) is 6.42 Å². The van der Waals surface area contributed by atoms with Crippen LogP contribution in [0.25, 0.3) is 0 Å². The largest absolute Gasteiger partial charge is 0.152 e. The van der Waals surface area contributed by atoms with Crippen molar-refractivity contribution in [2.75, 3.05) is 0 Å². The van der Waals surface area contributed by atoms with Gasteiger partial charge in [-0.2, -0.15) is 11.3 Å². The standard InChI is InChI=1S/C32H46S/c1-7-13-27(2)14-8-15-28(3)16-9-17-29(4)18-10-19-30(5)20-11-21-31(6)22-12-23-32-24-25-33-26-32/h1,14,16,18,20,22,24-26H,8-13,15,17,19,21,23H2,2-6H3. The van der Waals surface area contributed by atoms with Crippen molar-refractivity contribution in [2.45, 2.75) is 105 Å². The molecule has 0 bridgehead atoms. The lowest BCUT2D eigenvalue weighted by atomic mass is 10.0. The van der Waals surface area contributed by atoms with Crippen molar-refractivity contribution in [3.05, 3.63) is 80.6 Å². The summed E-state index contributed by atoms with van der Waals surface area (Å²) in [5.41, 5.74) is 8.82. The highest BCUT2D eigenvalue weighted by Gasteiger charge is 1.96. The van der Waals surface area contributed by atoms with Crippen molar-refractivity contribution >= 4 is 11.3 Å². The average molecular weight is 463 g/mol. The highest BCUT2D eigenvalue weighted by molar-refractivity contribution is 7.07. The van der Waals surface area contributed by atoms with Gasteiger partial charge in [0.05, 0.1) is 0 Å². The lowest BCUT2D eigenvalue weighted by Crippen LogP contribution is -1.84. The fourth-order valence-corrected chi connectivity index (χ4v) is 4.45. The minimum absolute atomic E-state index is 0.772. The van der Waals surface area contributed by atoms with E-state index >= 15 is 0 Å². The van der Waals surface area contributed by atoms with Crippen molar-refractivity contribution in [1.29, 1.82) is 0 Å². The van der Waals surface area contributed by atoms with Crippen molar-refractivity contribution in [3.8, 4) is 12.3 Å². The Bertz CT molecular complexity index is 847. The van der Waals surface area contributed by atoms with Crippen LogP contribution in [0.5, 0.6) is 0 Å². The summed E-state index contributed by atoms with van der Waals surface area (Å²) in [4.78, 5) is 0. The van der Waals surface area contributed by atoms with E-state index in [9.17, 15) is 0 Å². The first kappa shape index (κ1) is 29.0. The normalized spacial score (nSPS) is 14.0. The molecule has 0 nitrogen and oxygen atoms in total. The molecule has 33 heavy (non-hydrogen) atoms. The molecule has 0 aromatic carbocycles. The average Bonchev–Trinajstić information content (AvgIpc) is 3.27. The second-order valence-electron chi connectivity index (χ2n) is 9.46. The van der Waals surface area contributed by atoms with Gasteiger partial charge in [0, 0.05) is 6.42 Å². The van der Waals surface area contributed by atoms with E-state index in [0.29, 0.717) is 0 Å². The zero-order valence-electron chi connectivity index (χ0n) is 21.9. The highest BCUT2D eigenvalue weighted by Crippen LogP contribution is 2.16. The monoisotopic (exact) mass is 462 g/mol. The number of thiophene rings is 1. The summed E-state index contributed by atoms with van der Waals surface area (Å²) in [6.07, 6.45) is 29.7. The molecule has 0 fully saturated rings. The Balaban J connectivity index is 2.19. The van der Waals surface area contributed by atoms with Crippen LogP contribution >= 0.6 is 11.3 Å². The van der Waals surface area contributed by atoms with Crippen LogP contribution in [0.3, 0.4) is 0 Å². The summed E-state index contributed by atoms with van der Waals surface area (Å²) >= 11 is 1.79. The van der Waals surface area contributed by atoms with Crippen LogP contribution < -0.4 is 0 Å². The van der Waals surface area contributed by atoms with E-state index in [1.54, 1.807) is 11.3 Å². The van der Waals surface area contributed by atoms with Gasteiger partial charge in [-0.05, 0) is 121 Å². The fourth-order valence-electron chi connectivity index (χ4n) is 3.75. The summed E-state index contributed by atoms with van der Waals surface area (Å²) in [6.45, 7) is 11.2. The number of aryl methyl sites for hydroxylation is 1. The van der Waals surface area contributed by atoms with Gasteiger partial charge in [-0.3, -0.25) is 0 Å². The van der Waals surface area contributed by atoms with Crippen molar-refractivity contribution in [3.63, 3.8) is 0 Å². The second kappa shape index (κ2) is 18.4. The van der Waals surface area contributed by atoms with Gasteiger partial charge in [0.1, 0.15) is 0 Å². The number of rotatable bonds is 16. The molecule has 0 aliphatic carbocycles. The molecule has 1 rings (SSSR count). The quantitative estimate of drug-likeness (QED) is 0.169. The molecule has 0 N–H and O–H groups in total. The Morgan fingerprint density at radius 2 is 1.12 bits per heavy atom. The molecule has 1 aromatic rings. The van der Waals surface area contributed by atoms with Crippen LogP contribution in [0.2, 0.25) is 0 Å². The summed E-state index contributed by atoms with van der Waals surface area (Å²) in [6, 6.07) is 2.23. The van der Waals surface area contributed by atoms with Crippen molar-refractivity contribution in [2.24, 2.45) is 0 Å². The van der Waals surface area contributed by atoms with Gasteiger partial charge in [0.2, 0.25) is 0 Å². The maximum absolute atomic E-state index is 5.35. The molecule has 1 aromatic heterocycles. The van der Waals surface area contributed by atoms with Crippen LogP contribution in [0, 0.1) is 12.3 Å². The molecule has 0 saturated carbocycles. The summed E-state index contributed by atoms with van der Waals surface area (Å²) in [5, 5.41) is 4.42. The van der Waals surface area contributed by atoms with Gasteiger partial charge in [-0.25, -0.2) is 0 Å². The molecule has 0 atom stereocenters. The van der Waals surface area contributed by atoms with Gasteiger partial charge in [-0.15, -0.1) is 12.3 Å². The van der Waals surface area contributed by atoms with Crippen molar-refractivity contribution in [1.82, 2.24) is 0 Å². The van der Waals surface area contributed by atoms with E-state index in [-0.39, 0.29) is 0 Å². The molecule has 0 unspecified atom stereocenters. The summed E-state index contributed by atoms with van der Waals surface area (Å²) in [7, 11) is 0. The molecular formula is C32H46S. The van der Waals surface area contributed by atoms with Crippen LogP contribution in [0.1, 0.15) is 104 Å². The number of allylic oxidation sites excluding steroid dienone is 10. The maximum Gasteiger partial charge on any atom is 0.0293 e. The molecule has 0 saturated heterocycles.